The lowest BCUT2D eigenvalue weighted by Crippen LogP contribution is -2.40. The van der Waals surface area contributed by atoms with Crippen LogP contribution in [0.4, 0.5) is 5.69 Å². The first-order valence-electron chi connectivity index (χ1n) is 7.74. The van der Waals surface area contributed by atoms with Gasteiger partial charge in [0.2, 0.25) is 0 Å². The Morgan fingerprint density at radius 1 is 1.29 bits per heavy atom. The fourth-order valence-electron chi connectivity index (χ4n) is 2.17. The molecule has 1 N–H and O–H groups in total. The standard InChI is InChI=1S/C17H15N3O7S/c1-11(27-15-6-4-3-5-12(15)10-18)17(21)19-28(24,25)16-8-7-13(26-2)9-14(16)20(22)23/h3-9,11H,1-2H3,(H,19,21)/t11-/m0/s1. The molecule has 10 nitrogen and oxygen atoms in total. The van der Waals surface area contributed by atoms with Crippen LogP contribution in [0.25, 0.3) is 0 Å². The second kappa shape index (κ2) is 8.36. The van der Waals surface area contributed by atoms with Crippen molar-refractivity contribution >= 4 is 21.6 Å². The first kappa shape index (κ1) is 20.7. The summed E-state index contributed by atoms with van der Waals surface area (Å²) < 4.78 is 36.9. The van der Waals surface area contributed by atoms with Crippen molar-refractivity contribution in [2.45, 2.75) is 17.9 Å². The van der Waals surface area contributed by atoms with E-state index in [1.807, 2.05) is 6.07 Å². The first-order chi connectivity index (χ1) is 13.2. The number of sulfonamides is 1. The van der Waals surface area contributed by atoms with E-state index >= 15 is 0 Å². The molecule has 1 atom stereocenters. The van der Waals surface area contributed by atoms with Crippen LogP contribution in [0.5, 0.6) is 11.5 Å². The summed E-state index contributed by atoms with van der Waals surface area (Å²) in [5.74, 6) is -0.875. The van der Waals surface area contributed by atoms with Crippen LogP contribution in [0.1, 0.15) is 12.5 Å². The lowest BCUT2D eigenvalue weighted by Gasteiger charge is -2.15. The molecule has 0 fully saturated rings. The second-order valence-electron chi connectivity index (χ2n) is 5.43. The zero-order valence-electron chi connectivity index (χ0n) is 14.8. The van der Waals surface area contributed by atoms with Crippen LogP contribution in [-0.4, -0.2) is 32.5 Å². The highest BCUT2D eigenvalue weighted by Gasteiger charge is 2.30. The second-order valence-corrected chi connectivity index (χ2v) is 7.08. The molecular weight excluding hydrogens is 390 g/mol. The Morgan fingerprint density at radius 2 is 1.96 bits per heavy atom. The lowest BCUT2D eigenvalue weighted by molar-refractivity contribution is -0.387. The summed E-state index contributed by atoms with van der Waals surface area (Å²) in [6, 6.07) is 11.1. The van der Waals surface area contributed by atoms with Crippen LogP contribution in [0.15, 0.2) is 47.4 Å². The summed E-state index contributed by atoms with van der Waals surface area (Å²) in [5.41, 5.74) is -0.584. The van der Waals surface area contributed by atoms with Gasteiger partial charge in [0.15, 0.2) is 11.0 Å². The predicted octanol–water partition coefficient (Wildman–Crippen LogP) is 1.75. The average Bonchev–Trinajstić information content (AvgIpc) is 2.67. The molecular formula is C17H15N3O7S. The number of para-hydroxylation sites is 1. The summed E-state index contributed by atoms with van der Waals surface area (Å²) in [6.45, 7) is 1.28. The predicted molar refractivity (Wildman–Crippen MR) is 96.2 cm³/mol. The van der Waals surface area contributed by atoms with Gasteiger partial charge in [-0.2, -0.15) is 5.26 Å². The van der Waals surface area contributed by atoms with Crippen molar-refractivity contribution in [1.82, 2.24) is 4.72 Å². The number of nitriles is 1. The van der Waals surface area contributed by atoms with E-state index in [9.17, 15) is 23.3 Å². The van der Waals surface area contributed by atoms with Crippen LogP contribution in [-0.2, 0) is 14.8 Å². The summed E-state index contributed by atoms with van der Waals surface area (Å²) >= 11 is 0. The average molecular weight is 405 g/mol. The number of hydrogen-bond donors (Lipinski definition) is 1. The third kappa shape index (κ3) is 4.54. The number of nitrogens with one attached hydrogen (secondary N) is 1. The van der Waals surface area contributed by atoms with Crippen LogP contribution in [0.2, 0.25) is 0 Å². The molecule has 0 aliphatic rings. The van der Waals surface area contributed by atoms with Crippen molar-refractivity contribution in [1.29, 1.82) is 5.26 Å². The number of hydrogen-bond acceptors (Lipinski definition) is 8. The summed E-state index contributed by atoms with van der Waals surface area (Å²) in [5, 5.41) is 20.2. The molecule has 28 heavy (non-hydrogen) atoms. The Kier molecular flexibility index (Phi) is 6.17. The number of nitro groups is 1. The van der Waals surface area contributed by atoms with E-state index in [-0.39, 0.29) is 17.1 Å². The summed E-state index contributed by atoms with van der Waals surface area (Å²) in [7, 11) is -3.28. The minimum Gasteiger partial charge on any atom is -0.497 e. The maximum Gasteiger partial charge on any atom is 0.293 e. The molecule has 0 saturated carbocycles. The van der Waals surface area contributed by atoms with Gasteiger partial charge in [0, 0.05) is 0 Å². The maximum absolute atomic E-state index is 12.5. The molecule has 2 aromatic rings. The molecule has 0 spiro atoms. The number of amides is 1. The van der Waals surface area contributed by atoms with Gasteiger partial charge in [-0.1, -0.05) is 12.1 Å². The van der Waals surface area contributed by atoms with Crippen molar-refractivity contribution in [2.24, 2.45) is 0 Å². The Morgan fingerprint density at radius 3 is 2.57 bits per heavy atom. The summed E-state index contributed by atoms with van der Waals surface area (Å²) in [6.07, 6.45) is -1.29. The number of carbonyl (C=O) groups excluding carboxylic acids is 1. The highest BCUT2D eigenvalue weighted by Crippen LogP contribution is 2.28. The molecule has 0 aromatic heterocycles. The normalized spacial score (nSPS) is 11.8. The minimum absolute atomic E-state index is 0.0850. The maximum atomic E-state index is 12.5. The van der Waals surface area contributed by atoms with E-state index in [0.29, 0.717) is 0 Å². The van der Waals surface area contributed by atoms with E-state index in [1.54, 1.807) is 16.9 Å². The molecule has 1 amide bonds. The van der Waals surface area contributed by atoms with Gasteiger partial charge < -0.3 is 9.47 Å². The Labute approximate surface area is 160 Å². The molecule has 146 valence electrons. The van der Waals surface area contributed by atoms with Crippen molar-refractivity contribution in [2.75, 3.05) is 7.11 Å². The van der Waals surface area contributed by atoms with Crippen LogP contribution >= 0.6 is 0 Å². The van der Waals surface area contributed by atoms with Crippen molar-refractivity contribution in [3.63, 3.8) is 0 Å². The van der Waals surface area contributed by atoms with Gasteiger partial charge in [0.25, 0.3) is 21.6 Å². The number of ether oxygens (including phenoxy) is 2. The molecule has 0 heterocycles. The van der Waals surface area contributed by atoms with E-state index in [4.69, 9.17) is 14.7 Å². The number of nitrogens with zero attached hydrogens (tertiary/aromatic N) is 2. The van der Waals surface area contributed by atoms with E-state index in [2.05, 4.69) is 0 Å². The molecule has 2 rings (SSSR count). The van der Waals surface area contributed by atoms with E-state index < -0.39 is 37.5 Å². The molecule has 0 radical (unpaired) electrons. The largest absolute Gasteiger partial charge is 0.497 e. The van der Waals surface area contributed by atoms with Gasteiger partial charge in [-0.25, -0.2) is 13.1 Å². The van der Waals surface area contributed by atoms with Gasteiger partial charge >= 0.3 is 0 Å². The van der Waals surface area contributed by atoms with Crippen molar-refractivity contribution in [3.8, 4) is 17.6 Å². The number of methoxy groups -OCH3 is 1. The molecule has 0 saturated heterocycles. The van der Waals surface area contributed by atoms with Gasteiger partial charge in [-0.3, -0.25) is 14.9 Å². The quantitative estimate of drug-likeness (QED) is 0.541. The van der Waals surface area contributed by atoms with Gasteiger partial charge in [0.1, 0.15) is 17.6 Å². The smallest absolute Gasteiger partial charge is 0.293 e. The molecule has 2 aromatic carbocycles. The molecule has 0 aliphatic heterocycles. The minimum atomic E-state index is -4.55. The molecule has 0 unspecified atom stereocenters. The monoisotopic (exact) mass is 405 g/mol. The fourth-order valence-corrected chi connectivity index (χ4v) is 3.37. The topological polar surface area (TPSA) is 149 Å². The third-order valence-electron chi connectivity index (χ3n) is 3.57. The lowest BCUT2D eigenvalue weighted by atomic mass is 10.2. The van der Waals surface area contributed by atoms with E-state index in [0.717, 1.165) is 12.1 Å². The molecule has 0 bridgehead atoms. The zero-order valence-corrected chi connectivity index (χ0v) is 15.6. The molecule has 0 aliphatic carbocycles. The van der Waals surface area contributed by atoms with Gasteiger partial charge in [-0.15, -0.1) is 0 Å². The third-order valence-corrected chi connectivity index (χ3v) is 4.96. The van der Waals surface area contributed by atoms with Gasteiger partial charge in [-0.05, 0) is 31.2 Å². The number of rotatable bonds is 7. The van der Waals surface area contributed by atoms with Crippen molar-refractivity contribution < 1.29 is 27.6 Å². The van der Waals surface area contributed by atoms with E-state index in [1.165, 1.54) is 32.2 Å². The highest BCUT2D eigenvalue weighted by atomic mass is 32.2. The Bertz CT molecular complexity index is 1060. The van der Waals surface area contributed by atoms with Crippen LogP contribution < -0.4 is 14.2 Å². The number of benzene rings is 2. The first-order valence-corrected chi connectivity index (χ1v) is 9.22. The number of nitro benzene ring substituents is 1. The van der Waals surface area contributed by atoms with Gasteiger partial charge in [0.05, 0.1) is 23.7 Å². The summed E-state index contributed by atoms with van der Waals surface area (Å²) in [4.78, 5) is 21.8. The Balaban J connectivity index is 2.25. The highest BCUT2D eigenvalue weighted by molar-refractivity contribution is 7.90. The number of carbonyl (C=O) groups is 1. The Hall–Kier alpha value is -3.65. The van der Waals surface area contributed by atoms with Crippen LogP contribution in [0, 0.1) is 21.4 Å². The van der Waals surface area contributed by atoms with Crippen molar-refractivity contribution in [3.05, 3.63) is 58.1 Å². The SMILES string of the molecule is COc1ccc(S(=O)(=O)NC(=O)[C@H](C)Oc2ccccc2C#N)c([N+](=O)[O-])c1. The van der Waals surface area contributed by atoms with Crippen LogP contribution in [0.3, 0.4) is 0 Å². The fraction of sp³-hybridized carbons (Fsp3) is 0.176. The zero-order chi connectivity index (χ0) is 20.9. The molecule has 11 heteroatoms.